The quantitative estimate of drug-likeness (QED) is 0.761. The second kappa shape index (κ2) is 3.71. The summed E-state index contributed by atoms with van der Waals surface area (Å²) in [5, 5.41) is 0. The van der Waals surface area contributed by atoms with E-state index in [1.165, 1.54) is 0 Å². The molecule has 2 aromatic heterocycles. The van der Waals surface area contributed by atoms with Gasteiger partial charge < -0.3 is 9.55 Å². The molecule has 0 atom stereocenters. The molecular formula is C9H10N4S. The maximum Gasteiger partial charge on any atom is 0.177 e. The Morgan fingerprint density at radius 2 is 2.43 bits per heavy atom. The number of nitrogens with zero attached hydrogens (tertiary/aromatic N) is 3. The molecule has 2 aromatic rings. The predicted molar refractivity (Wildman–Crippen MR) is 55.5 cm³/mol. The molecule has 0 aliphatic rings. The molecule has 0 bridgehead atoms. The molecule has 0 aromatic carbocycles. The lowest BCUT2D eigenvalue weighted by atomic mass is 10.4. The molecule has 72 valence electrons. The molecule has 5 heteroatoms. The highest BCUT2D eigenvalue weighted by Gasteiger charge is 1.97. The molecule has 2 heterocycles. The number of rotatable bonds is 2. The van der Waals surface area contributed by atoms with E-state index >= 15 is 0 Å². The highest BCUT2D eigenvalue weighted by molar-refractivity contribution is 7.71. The summed E-state index contributed by atoms with van der Waals surface area (Å²) in [6, 6.07) is 1.89. The summed E-state index contributed by atoms with van der Waals surface area (Å²) in [6.07, 6.45) is 5.48. The van der Waals surface area contributed by atoms with Crippen molar-refractivity contribution in [1.29, 1.82) is 0 Å². The van der Waals surface area contributed by atoms with Gasteiger partial charge in [-0.05, 0) is 25.2 Å². The number of aryl methyl sites for hydroxylation is 1. The Hall–Kier alpha value is -1.49. The van der Waals surface area contributed by atoms with E-state index in [9.17, 15) is 0 Å². The fraction of sp³-hybridized carbons (Fsp3) is 0.222. The van der Waals surface area contributed by atoms with E-state index in [1.807, 2.05) is 30.0 Å². The molecule has 0 saturated heterocycles. The van der Waals surface area contributed by atoms with Gasteiger partial charge >= 0.3 is 0 Å². The normalized spacial score (nSPS) is 10.4. The molecular weight excluding hydrogens is 196 g/mol. The van der Waals surface area contributed by atoms with Gasteiger partial charge in [-0.15, -0.1) is 0 Å². The van der Waals surface area contributed by atoms with Crippen molar-refractivity contribution in [3.8, 4) is 0 Å². The zero-order valence-electron chi connectivity index (χ0n) is 7.77. The summed E-state index contributed by atoms with van der Waals surface area (Å²) in [6.45, 7) is 2.56. The van der Waals surface area contributed by atoms with Crippen molar-refractivity contribution >= 4 is 12.2 Å². The molecule has 0 aliphatic heterocycles. The van der Waals surface area contributed by atoms with Crippen molar-refractivity contribution in [3.63, 3.8) is 0 Å². The van der Waals surface area contributed by atoms with E-state index in [4.69, 9.17) is 12.2 Å². The number of imidazole rings is 1. The molecule has 0 aliphatic carbocycles. The lowest BCUT2D eigenvalue weighted by Gasteiger charge is -2.01. The van der Waals surface area contributed by atoms with Gasteiger partial charge in [0.05, 0.1) is 12.2 Å². The Labute approximate surface area is 86.7 Å². The maximum atomic E-state index is 5.08. The number of hydrogen-bond donors (Lipinski definition) is 1. The lowest BCUT2D eigenvalue weighted by molar-refractivity contribution is 0.751. The first-order valence-electron chi connectivity index (χ1n) is 4.28. The van der Waals surface area contributed by atoms with Crippen LogP contribution in [0.1, 0.15) is 11.5 Å². The Bertz CT molecular complexity index is 485. The minimum Gasteiger partial charge on any atom is -0.337 e. The molecule has 14 heavy (non-hydrogen) atoms. The molecule has 0 radical (unpaired) electrons. The fourth-order valence-electron chi connectivity index (χ4n) is 1.24. The van der Waals surface area contributed by atoms with Crippen molar-refractivity contribution in [2.24, 2.45) is 0 Å². The largest absolute Gasteiger partial charge is 0.337 e. The van der Waals surface area contributed by atoms with Crippen LogP contribution in [-0.4, -0.2) is 19.5 Å². The Kier molecular flexibility index (Phi) is 2.41. The predicted octanol–water partition coefficient (Wildman–Crippen LogP) is 1.69. The van der Waals surface area contributed by atoms with E-state index in [2.05, 4.69) is 15.0 Å². The van der Waals surface area contributed by atoms with Gasteiger partial charge in [0.2, 0.25) is 0 Å². The van der Waals surface area contributed by atoms with Gasteiger partial charge in [0.15, 0.2) is 4.77 Å². The number of H-pyrrole nitrogens is 1. The van der Waals surface area contributed by atoms with Gasteiger partial charge in [-0.1, -0.05) is 0 Å². The summed E-state index contributed by atoms with van der Waals surface area (Å²) >= 11 is 5.08. The third-order valence-corrected chi connectivity index (χ3v) is 2.24. The van der Waals surface area contributed by atoms with Crippen molar-refractivity contribution in [1.82, 2.24) is 19.5 Å². The van der Waals surface area contributed by atoms with Crippen molar-refractivity contribution in [2.75, 3.05) is 0 Å². The van der Waals surface area contributed by atoms with Crippen LogP contribution in [0, 0.1) is 11.7 Å². The van der Waals surface area contributed by atoms with Gasteiger partial charge in [0.25, 0.3) is 0 Å². The third-order valence-electron chi connectivity index (χ3n) is 1.89. The summed E-state index contributed by atoms with van der Waals surface area (Å²) in [5.74, 6) is 0.782. The minimum absolute atomic E-state index is 0.686. The second-order valence-corrected chi connectivity index (χ2v) is 3.38. The van der Waals surface area contributed by atoms with Gasteiger partial charge in [-0.3, -0.25) is 0 Å². The summed E-state index contributed by atoms with van der Waals surface area (Å²) in [5.41, 5.74) is 0.966. The van der Waals surface area contributed by atoms with Crippen LogP contribution in [0.3, 0.4) is 0 Å². The van der Waals surface area contributed by atoms with Gasteiger partial charge in [0, 0.05) is 18.6 Å². The third kappa shape index (κ3) is 1.88. The Morgan fingerprint density at radius 3 is 3.07 bits per heavy atom. The van der Waals surface area contributed by atoms with Crippen LogP contribution in [0.4, 0.5) is 0 Å². The first-order chi connectivity index (χ1) is 6.75. The molecule has 0 fully saturated rings. The number of aromatic amines is 1. The SMILES string of the molecule is Cc1nccc(Cn2cc[nH]c2=S)n1. The van der Waals surface area contributed by atoms with Gasteiger partial charge in [-0.25, -0.2) is 9.97 Å². The smallest absolute Gasteiger partial charge is 0.177 e. The van der Waals surface area contributed by atoms with E-state index in [0.717, 1.165) is 11.5 Å². The van der Waals surface area contributed by atoms with E-state index in [0.29, 0.717) is 11.3 Å². The van der Waals surface area contributed by atoms with Gasteiger partial charge in [0.1, 0.15) is 5.82 Å². The van der Waals surface area contributed by atoms with E-state index in [-0.39, 0.29) is 0 Å². The van der Waals surface area contributed by atoms with Crippen molar-refractivity contribution in [2.45, 2.75) is 13.5 Å². The Morgan fingerprint density at radius 1 is 1.57 bits per heavy atom. The first-order valence-corrected chi connectivity index (χ1v) is 4.69. The van der Waals surface area contributed by atoms with Gasteiger partial charge in [-0.2, -0.15) is 0 Å². The first kappa shape index (κ1) is 9.08. The van der Waals surface area contributed by atoms with Crippen LogP contribution in [-0.2, 0) is 6.54 Å². The molecule has 0 amide bonds. The average Bonchev–Trinajstić information content (AvgIpc) is 2.52. The molecule has 4 nitrogen and oxygen atoms in total. The minimum atomic E-state index is 0.686. The number of aromatic nitrogens is 4. The molecule has 0 spiro atoms. The van der Waals surface area contributed by atoms with Crippen LogP contribution < -0.4 is 0 Å². The zero-order chi connectivity index (χ0) is 9.97. The monoisotopic (exact) mass is 206 g/mol. The van der Waals surface area contributed by atoms with Crippen LogP contribution in [0.5, 0.6) is 0 Å². The molecule has 0 unspecified atom stereocenters. The maximum absolute atomic E-state index is 5.08. The van der Waals surface area contributed by atoms with Crippen LogP contribution in [0.25, 0.3) is 0 Å². The molecule has 0 saturated carbocycles. The number of hydrogen-bond acceptors (Lipinski definition) is 3. The standard InChI is InChI=1S/C9H10N4S/c1-7-10-3-2-8(12-7)6-13-5-4-11-9(13)14/h2-5H,6H2,1H3,(H,11,14). The zero-order valence-corrected chi connectivity index (χ0v) is 8.58. The fourth-order valence-corrected chi connectivity index (χ4v) is 1.43. The van der Waals surface area contributed by atoms with E-state index in [1.54, 1.807) is 6.20 Å². The highest BCUT2D eigenvalue weighted by Crippen LogP contribution is 1.99. The number of nitrogens with one attached hydrogen (secondary N) is 1. The van der Waals surface area contributed by atoms with E-state index < -0.39 is 0 Å². The second-order valence-electron chi connectivity index (χ2n) is 2.99. The van der Waals surface area contributed by atoms with Crippen molar-refractivity contribution < 1.29 is 0 Å². The summed E-state index contributed by atoms with van der Waals surface area (Å²) in [7, 11) is 0. The van der Waals surface area contributed by atoms with Crippen LogP contribution >= 0.6 is 12.2 Å². The Balaban J connectivity index is 2.27. The summed E-state index contributed by atoms with van der Waals surface area (Å²) in [4.78, 5) is 11.3. The highest BCUT2D eigenvalue weighted by atomic mass is 32.1. The molecule has 1 N–H and O–H groups in total. The summed E-state index contributed by atoms with van der Waals surface area (Å²) < 4.78 is 2.64. The van der Waals surface area contributed by atoms with Crippen LogP contribution in [0.15, 0.2) is 24.7 Å². The lowest BCUT2D eigenvalue weighted by Crippen LogP contribution is -2.02. The topological polar surface area (TPSA) is 46.5 Å². The van der Waals surface area contributed by atoms with Crippen molar-refractivity contribution in [3.05, 3.63) is 40.9 Å². The average molecular weight is 206 g/mol. The molecule has 2 rings (SSSR count). The van der Waals surface area contributed by atoms with Crippen LogP contribution in [0.2, 0.25) is 0 Å².